The quantitative estimate of drug-likeness (QED) is 0.711. The van der Waals surface area contributed by atoms with Gasteiger partial charge in [0.15, 0.2) is 0 Å². The molecule has 0 spiro atoms. The monoisotopic (exact) mass is 306 g/mol. The van der Waals surface area contributed by atoms with Gasteiger partial charge in [0, 0.05) is 10.6 Å². The van der Waals surface area contributed by atoms with Crippen molar-refractivity contribution in [1.29, 1.82) is 0 Å². The Morgan fingerprint density at radius 3 is 2.65 bits per heavy atom. The molecule has 0 aliphatic rings. The molecule has 1 aromatic carbocycles. The lowest BCUT2D eigenvalue weighted by molar-refractivity contribution is 0.342. The number of nitrogens with zero attached hydrogens (tertiary/aromatic N) is 2. The van der Waals surface area contributed by atoms with Crippen molar-refractivity contribution in [1.82, 2.24) is 10.2 Å². The number of hydrogen-bond acceptors (Lipinski definition) is 5. The summed E-state index contributed by atoms with van der Waals surface area (Å²) in [5, 5.41) is 10.8. The molecular formula is C14H11ClN2O2S. The zero-order valence-corrected chi connectivity index (χ0v) is 12.2. The molecular weight excluding hydrogens is 296 g/mol. The van der Waals surface area contributed by atoms with E-state index in [2.05, 4.69) is 10.2 Å². The highest BCUT2D eigenvalue weighted by Crippen LogP contribution is 2.35. The van der Waals surface area contributed by atoms with Gasteiger partial charge in [-0.05, 0) is 42.6 Å². The molecule has 102 valence electrons. The molecule has 2 aromatic heterocycles. The van der Waals surface area contributed by atoms with Crippen molar-refractivity contribution in [2.45, 2.75) is 6.92 Å². The fraction of sp³-hybridized carbons (Fsp3) is 0.143. The van der Waals surface area contributed by atoms with Crippen LogP contribution in [0.4, 0.5) is 0 Å². The molecule has 4 nitrogen and oxygen atoms in total. The van der Waals surface area contributed by atoms with E-state index in [0.29, 0.717) is 23.4 Å². The fourth-order valence-corrected chi connectivity index (χ4v) is 2.63. The van der Waals surface area contributed by atoms with Crippen LogP contribution in [0.25, 0.3) is 22.2 Å². The molecule has 0 atom stereocenters. The van der Waals surface area contributed by atoms with Crippen LogP contribution in [-0.4, -0.2) is 16.8 Å². The van der Waals surface area contributed by atoms with E-state index in [0.717, 1.165) is 16.2 Å². The van der Waals surface area contributed by atoms with E-state index in [4.69, 9.17) is 20.8 Å². The fourth-order valence-electron chi connectivity index (χ4n) is 1.75. The van der Waals surface area contributed by atoms with Gasteiger partial charge in [-0.15, -0.1) is 21.5 Å². The van der Waals surface area contributed by atoms with E-state index in [-0.39, 0.29) is 0 Å². The van der Waals surface area contributed by atoms with E-state index >= 15 is 0 Å². The molecule has 0 radical (unpaired) electrons. The summed E-state index contributed by atoms with van der Waals surface area (Å²) in [5.41, 5.74) is 0.836. The van der Waals surface area contributed by atoms with E-state index < -0.39 is 0 Å². The second-order valence-electron chi connectivity index (χ2n) is 3.97. The number of hydrogen-bond donors (Lipinski definition) is 0. The van der Waals surface area contributed by atoms with Crippen LogP contribution in [0.5, 0.6) is 5.75 Å². The van der Waals surface area contributed by atoms with Gasteiger partial charge in [0.1, 0.15) is 10.6 Å². The molecule has 6 heteroatoms. The Labute approximate surface area is 125 Å². The lowest BCUT2D eigenvalue weighted by atomic mass is 10.2. The Bertz CT molecular complexity index is 706. The maximum Gasteiger partial charge on any atom is 0.261 e. The third kappa shape index (κ3) is 2.55. The first-order valence-corrected chi connectivity index (χ1v) is 7.34. The first-order chi connectivity index (χ1) is 9.78. The molecule has 0 aliphatic carbocycles. The maximum atomic E-state index is 5.86. The number of aromatic nitrogens is 2. The average molecular weight is 307 g/mol. The molecule has 2 heterocycles. The largest absolute Gasteiger partial charge is 0.492 e. The third-order valence-electron chi connectivity index (χ3n) is 2.64. The minimum absolute atomic E-state index is 0.465. The number of rotatable bonds is 4. The van der Waals surface area contributed by atoms with Crippen molar-refractivity contribution in [3.63, 3.8) is 0 Å². The lowest BCUT2D eigenvalue weighted by Crippen LogP contribution is -1.90. The van der Waals surface area contributed by atoms with E-state index in [9.17, 15) is 0 Å². The van der Waals surface area contributed by atoms with Gasteiger partial charge in [-0.2, -0.15) is 0 Å². The summed E-state index contributed by atoms with van der Waals surface area (Å²) in [4.78, 5) is 0.847. The third-order valence-corrected chi connectivity index (χ3v) is 3.78. The van der Waals surface area contributed by atoms with Crippen LogP contribution in [-0.2, 0) is 0 Å². The second-order valence-corrected chi connectivity index (χ2v) is 5.32. The van der Waals surface area contributed by atoms with Gasteiger partial charge in [-0.1, -0.05) is 11.6 Å². The second kappa shape index (κ2) is 5.64. The summed E-state index contributed by atoms with van der Waals surface area (Å²) in [7, 11) is 0. The lowest BCUT2D eigenvalue weighted by Gasteiger charge is -2.00. The molecule has 20 heavy (non-hydrogen) atoms. The zero-order valence-electron chi connectivity index (χ0n) is 10.7. The van der Waals surface area contributed by atoms with E-state index in [1.165, 1.54) is 11.3 Å². The number of ether oxygens (including phenoxy) is 1. The van der Waals surface area contributed by atoms with Gasteiger partial charge < -0.3 is 9.15 Å². The number of thiophene rings is 1. The summed E-state index contributed by atoms with van der Waals surface area (Å²) >= 11 is 7.37. The van der Waals surface area contributed by atoms with Gasteiger partial charge in [0.2, 0.25) is 5.89 Å². The number of halogens is 1. The molecule has 0 fully saturated rings. The molecule has 3 rings (SSSR count). The van der Waals surface area contributed by atoms with Crippen molar-refractivity contribution in [2.75, 3.05) is 6.61 Å². The zero-order chi connectivity index (χ0) is 13.9. The van der Waals surface area contributed by atoms with Crippen LogP contribution in [0.3, 0.4) is 0 Å². The summed E-state index contributed by atoms with van der Waals surface area (Å²) in [6.45, 7) is 2.54. The first kappa shape index (κ1) is 13.1. The standard InChI is InChI=1S/C14H11ClN2O2S/c1-2-18-11-7-8-20-12(11)14-17-16-13(19-14)9-3-5-10(15)6-4-9/h3-8H,2H2,1H3. The summed E-state index contributed by atoms with van der Waals surface area (Å²) < 4.78 is 11.2. The maximum absolute atomic E-state index is 5.86. The Morgan fingerprint density at radius 2 is 1.90 bits per heavy atom. The van der Waals surface area contributed by atoms with Crippen LogP contribution < -0.4 is 4.74 Å². The highest BCUT2D eigenvalue weighted by molar-refractivity contribution is 7.13. The highest BCUT2D eigenvalue weighted by atomic mass is 35.5. The molecule has 0 amide bonds. The van der Waals surface area contributed by atoms with Gasteiger partial charge in [0.05, 0.1) is 6.61 Å². The predicted octanol–water partition coefficient (Wildman–Crippen LogP) is 4.52. The van der Waals surface area contributed by atoms with Crippen molar-refractivity contribution in [3.05, 3.63) is 40.7 Å². The predicted molar refractivity (Wildman–Crippen MR) is 79.2 cm³/mol. The smallest absolute Gasteiger partial charge is 0.261 e. The van der Waals surface area contributed by atoms with Crippen molar-refractivity contribution < 1.29 is 9.15 Å². The van der Waals surface area contributed by atoms with Gasteiger partial charge >= 0.3 is 0 Å². The Hall–Kier alpha value is -1.85. The minimum Gasteiger partial charge on any atom is -0.492 e. The molecule has 0 saturated heterocycles. The molecule has 0 saturated carbocycles. The van der Waals surface area contributed by atoms with Crippen molar-refractivity contribution >= 4 is 22.9 Å². The Kier molecular flexibility index (Phi) is 3.71. The molecule has 0 unspecified atom stereocenters. The van der Waals surface area contributed by atoms with Crippen molar-refractivity contribution in [2.24, 2.45) is 0 Å². The van der Waals surface area contributed by atoms with Gasteiger partial charge in [0.25, 0.3) is 5.89 Å². The molecule has 0 aliphatic heterocycles. The van der Waals surface area contributed by atoms with Gasteiger partial charge in [-0.3, -0.25) is 0 Å². The van der Waals surface area contributed by atoms with Crippen LogP contribution >= 0.6 is 22.9 Å². The SMILES string of the molecule is CCOc1ccsc1-c1nnc(-c2ccc(Cl)cc2)o1. The minimum atomic E-state index is 0.465. The first-order valence-electron chi connectivity index (χ1n) is 6.08. The molecule has 3 aromatic rings. The molecule has 0 N–H and O–H groups in total. The Balaban J connectivity index is 1.93. The normalized spacial score (nSPS) is 10.7. The van der Waals surface area contributed by atoms with Crippen LogP contribution in [0.15, 0.2) is 40.1 Å². The topological polar surface area (TPSA) is 48.2 Å². The average Bonchev–Trinajstić information content (AvgIpc) is 3.08. The summed E-state index contributed by atoms with van der Waals surface area (Å²) in [6.07, 6.45) is 0. The van der Waals surface area contributed by atoms with E-state index in [1.54, 1.807) is 12.1 Å². The summed E-state index contributed by atoms with van der Waals surface area (Å²) in [5.74, 6) is 1.70. The van der Waals surface area contributed by atoms with Gasteiger partial charge in [-0.25, -0.2) is 0 Å². The van der Waals surface area contributed by atoms with Crippen LogP contribution in [0.1, 0.15) is 6.92 Å². The molecule has 0 bridgehead atoms. The summed E-state index contributed by atoms with van der Waals surface area (Å²) in [6, 6.07) is 9.17. The van der Waals surface area contributed by atoms with Crippen LogP contribution in [0.2, 0.25) is 5.02 Å². The highest BCUT2D eigenvalue weighted by Gasteiger charge is 2.16. The Morgan fingerprint density at radius 1 is 1.15 bits per heavy atom. The van der Waals surface area contributed by atoms with E-state index in [1.807, 2.05) is 30.5 Å². The number of benzene rings is 1. The van der Waals surface area contributed by atoms with Crippen LogP contribution in [0, 0.1) is 0 Å². The van der Waals surface area contributed by atoms with Crippen molar-refractivity contribution in [3.8, 4) is 28.0 Å².